The first-order chi connectivity index (χ1) is 9.53. The molecule has 0 aromatic heterocycles. The highest BCUT2D eigenvalue weighted by Crippen LogP contribution is 2.18. The maximum Gasteiger partial charge on any atom is 0.103 e. The third-order valence-electron chi connectivity index (χ3n) is 4.05. The summed E-state index contributed by atoms with van der Waals surface area (Å²) < 4.78 is 0. The largest absolute Gasteiger partial charge is 0.387 e. The molecule has 1 aliphatic heterocycles. The van der Waals surface area contributed by atoms with Crippen LogP contribution in [0.15, 0.2) is 30.3 Å². The number of benzene rings is 1. The topological polar surface area (TPSA) is 50.5 Å². The zero-order valence-corrected chi connectivity index (χ0v) is 12.3. The summed E-state index contributed by atoms with van der Waals surface area (Å²) in [5, 5.41) is 19.4. The summed E-state index contributed by atoms with van der Waals surface area (Å²) in [6.45, 7) is 8.13. The maximum atomic E-state index is 10.2. The highest BCUT2D eigenvalue weighted by molar-refractivity contribution is 5.17. The molecule has 4 heteroatoms. The third-order valence-corrected chi connectivity index (χ3v) is 4.05. The van der Waals surface area contributed by atoms with Crippen molar-refractivity contribution in [3.63, 3.8) is 0 Å². The molecule has 0 saturated carbocycles. The zero-order valence-electron chi connectivity index (χ0n) is 12.3. The van der Waals surface area contributed by atoms with E-state index in [1.165, 1.54) is 0 Å². The number of aliphatic hydroxyl groups excluding tert-OH is 1. The van der Waals surface area contributed by atoms with Crippen LogP contribution < -0.4 is 0 Å². The summed E-state index contributed by atoms with van der Waals surface area (Å²) in [6, 6.07) is 12.1. The highest BCUT2D eigenvalue weighted by atomic mass is 16.3. The van der Waals surface area contributed by atoms with Crippen LogP contribution in [-0.4, -0.2) is 53.2 Å². The SMILES string of the molecule is CC(C)(C#N)N1CCN(CC(O)c2ccccc2)CC1. The Kier molecular flexibility index (Phi) is 4.77. The average molecular weight is 273 g/mol. The van der Waals surface area contributed by atoms with E-state index >= 15 is 0 Å². The molecule has 1 N–H and O–H groups in total. The van der Waals surface area contributed by atoms with Gasteiger partial charge in [0.05, 0.1) is 12.2 Å². The molecule has 0 aliphatic carbocycles. The molecule has 0 radical (unpaired) electrons. The Morgan fingerprint density at radius 3 is 2.35 bits per heavy atom. The molecule has 1 unspecified atom stereocenters. The van der Waals surface area contributed by atoms with E-state index in [-0.39, 0.29) is 0 Å². The second kappa shape index (κ2) is 6.36. The number of nitrogens with zero attached hydrogens (tertiary/aromatic N) is 3. The van der Waals surface area contributed by atoms with Gasteiger partial charge < -0.3 is 5.11 Å². The molecule has 1 aromatic carbocycles. The van der Waals surface area contributed by atoms with Gasteiger partial charge in [-0.25, -0.2) is 0 Å². The van der Waals surface area contributed by atoms with Gasteiger partial charge in [-0.3, -0.25) is 9.80 Å². The second-order valence-corrected chi connectivity index (χ2v) is 5.88. The van der Waals surface area contributed by atoms with Crippen LogP contribution in [0, 0.1) is 11.3 Å². The van der Waals surface area contributed by atoms with Gasteiger partial charge in [-0.15, -0.1) is 0 Å². The molecule has 0 spiro atoms. The van der Waals surface area contributed by atoms with Crippen molar-refractivity contribution in [3.05, 3.63) is 35.9 Å². The minimum absolute atomic E-state index is 0.399. The molecule has 20 heavy (non-hydrogen) atoms. The molecule has 0 amide bonds. The van der Waals surface area contributed by atoms with Crippen molar-refractivity contribution in [2.75, 3.05) is 32.7 Å². The molecule has 1 atom stereocenters. The van der Waals surface area contributed by atoms with Gasteiger partial charge in [0.15, 0.2) is 0 Å². The number of piperazine rings is 1. The number of nitriles is 1. The van der Waals surface area contributed by atoms with Crippen LogP contribution in [0.5, 0.6) is 0 Å². The Morgan fingerprint density at radius 2 is 1.80 bits per heavy atom. The van der Waals surface area contributed by atoms with Gasteiger partial charge in [0.2, 0.25) is 0 Å². The molecule has 1 saturated heterocycles. The quantitative estimate of drug-likeness (QED) is 0.906. The van der Waals surface area contributed by atoms with Gasteiger partial charge >= 0.3 is 0 Å². The van der Waals surface area contributed by atoms with Crippen LogP contribution in [0.2, 0.25) is 0 Å². The molecular weight excluding hydrogens is 250 g/mol. The Morgan fingerprint density at radius 1 is 1.20 bits per heavy atom. The van der Waals surface area contributed by atoms with E-state index < -0.39 is 11.6 Å². The lowest BCUT2D eigenvalue weighted by Gasteiger charge is -2.41. The number of hydrogen-bond donors (Lipinski definition) is 1. The van der Waals surface area contributed by atoms with E-state index in [2.05, 4.69) is 15.9 Å². The predicted molar refractivity (Wildman–Crippen MR) is 79.1 cm³/mol. The Balaban J connectivity index is 1.85. The first-order valence-electron chi connectivity index (χ1n) is 7.14. The van der Waals surface area contributed by atoms with Gasteiger partial charge in [0.1, 0.15) is 5.54 Å². The van der Waals surface area contributed by atoms with Crippen LogP contribution >= 0.6 is 0 Å². The predicted octanol–water partition coefficient (Wildman–Crippen LogP) is 1.64. The van der Waals surface area contributed by atoms with Crippen LogP contribution in [0.3, 0.4) is 0 Å². The molecular formula is C16H23N3O. The Labute approximate surface area is 121 Å². The van der Waals surface area contributed by atoms with Crippen LogP contribution in [0.1, 0.15) is 25.5 Å². The average Bonchev–Trinajstić information content (AvgIpc) is 2.48. The fourth-order valence-electron chi connectivity index (χ4n) is 2.59. The number of aliphatic hydroxyl groups is 1. The molecule has 108 valence electrons. The van der Waals surface area contributed by atoms with E-state index in [0.717, 1.165) is 31.7 Å². The van der Waals surface area contributed by atoms with Gasteiger partial charge in [0, 0.05) is 32.7 Å². The van der Waals surface area contributed by atoms with E-state index in [1.54, 1.807) is 0 Å². The lowest BCUT2D eigenvalue weighted by atomic mass is 10.0. The van der Waals surface area contributed by atoms with Gasteiger partial charge in [-0.1, -0.05) is 30.3 Å². The van der Waals surface area contributed by atoms with Crippen molar-refractivity contribution in [3.8, 4) is 6.07 Å². The molecule has 4 nitrogen and oxygen atoms in total. The lowest BCUT2D eigenvalue weighted by molar-refractivity contribution is 0.0471. The van der Waals surface area contributed by atoms with Crippen LogP contribution in [0.4, 0.5) is 0 Å². The van der Waals surface area contributed by atoms with Crippen molar-refractivity contribution in [1.29, 1.82) is 5.26 Å². The molecule has 1 aliphatic rings. The molecule has 1 aromatic rings. The molecule has 0 bridgehead atoms. The third kappa shape index (κ3) is 3.57. The van der Waals surface area contributed by atoms with Crippen molar-refractivity contribution in [1.82, 2.24) is 9.80 Å². The minimum Gasteiger partial charge on any atom is -0.387 e. The summed E-state index contributed by atoms with van der Waals surface area (Å²) in [7, 11) is 0. The minimum atomic E-state index is -0.438. The van der Waals surface area contributed by atoms with E-state index in [9.17, 15) is 5.11 Å². The summed E-state index contributed by atoms with van der Waals surface area (Å²) in [6.07, 6.45) is -0.438. The van der Waals surface area contributed by atoms with Crippen LogP contribution in [0.25, 0.3) is 0 Å². The van der Waals surface area contributed by atoms with Crippen molar-refractivity contribution in [2.45, 2.75) is 25.5 Å². The normalized spacial score (nSPS) is 19.5. The van der Waals surface area contributed by atoms with Crippen molar-refractivity contribution in [2.24, 2.45) is 0 Å². The smallest absolute Gasteiger partial charge is 0.103 e. The maximum absolute atomic E-state index is 10.2. The fraction of sp³-hybridized carbons (Fsp3) is 0.562. The summed E-state index contributed by atoms with van der Waals surface area (Å²) in [5.74, 6) is 0. The first kappa shape index (κ1) is 15.0. The Hall–Kier alpha value is -1.41. The summed E-state index contributed by atoms with van der Waals surface area (Å²) in [4.78, 5) is 4.47. The Bertz CT molecular complexity index is 458. The summed E-state index contributed by atoms with van der Waals surface area (Å²) in [5.41, 5.74) is 0.566. The van der Waals surface area contributed by atoms with Gasteiger partial charge in [0.25, 0.3) is 0 Å². The van der Waals surface area contributed by atoms with E-state index in [1.807, 2.05) is 44.2 Å². The van der Waals surface area contributed by atoms with E-state index in [4.69, 9.17) is 5.26 Å². The van der Waals surface area contributed by atoms with E-state index in [0.29, 0.717) is 6.54 Å². The zero-order chi connectivity index (χ0) is 14.6. The molecule has 2 rings (SSSR count). The van der Waals surface area contributed by atoms with Crippen molar-refractivity contribution >= 4 is 0 Å². The fourth-order valence-corrected chi connectivity index (χ4v) is 2.59. The summed E-state index contributed by atoms with van der Waals surface area (Å²) >= 11 is 0. The number of β-amino-alcohol motifs (C(OH)–C–C–N with tert-alkyl or cyclic N) is 1. The number of hydrogen-bond acceptors (Lipinski definition) is 4. The van der Waals surface area contributed by atoms with Crippen LogP contribution in [-0.2, 0) is 0 Å². The molecule has 1 heterocycles. The first-order valence-corrected chi connectivity index (χ1v) is 7.14. The monoisotopic (exact) mass is 273 g/mol. The highest BCUT2D eigenvalue weighted by Gasteiger charge is 2.30. The standard InChI is InChI=1S/C16H23N3O/c1-16(2,13-17)19-10-8-18(9-11-19)12-15(20)14-6-4-3-5-7-14/h3-7,15,20H,8-12H2,1-2H3. The van der Waals surface area contributed by atoms with Gasteiger partial charge in [-0.05, 0) is 19.4 Å². The number of rotatable bonds is 4. The second-order valence-electron chi connectivity index (χ2n) is 5.88. The lowest BCUT2D eigenvalue weighted by Crippen LogP contribution is -2.54. The molecule has 1 fully saturated rings. The van der Waals surface area contributed by atoms with Gasteiger partial charge in [-0.2, -0.15) is 5.26 Å². The van der Waals surface area contributed by atoms with Crippen molar-refractivity contribution < 1.29 is 5.11 Å².